The van der Waals surface area contributed by atoms with Crippen LogP contribution in [0.2, 0.25) is 0 Å². The van der Waals surface area contributed by atoms with E-state index in [1.165, 1.54) is 0 Å². The second kappa shape index (κ2) is 10.3. The first-order valence-corrected chi connectivity index (χ1v) is 11.0. The monoisotopic (exact) mass is 426 g/mol. The first-order chi connectivity index (χ1) is 14.8. The molecule has 8 nitrogen and oxygen atoms in total. The molecule has 8 heteroatoms. The Hall–Kier alpha value is -3.03. The molecule has 1 fully saturated rings. The van der Waals surface area contributed by atoms with Crippen molar-refractivity contribution in [2.45, 2.75) is 52.2 Å². The topological polar surface area (TPSA) is 83.8 Å². The number of amides is 1. The number of carbonyl (C=O) groups excluding carboxylic acids is 1. The second-order valence-electron chi connectivity index (χ2n) is 8.69. The minimum Gasteiger partial charge on any atom is -0.444 e. The molecule has 0 aliphatic carbocycles. The summed E-state index contributed by atoms with van der Waals surface area (Å²) in [6.45, 7) is 10.7. The van der Waals surface area contributed by atoms with Crippen LogP contribution in [-0.4, -0.2) is 64.6 Å². The van der Waals surface area contributed by atoms with Crippen molar-refractivity contribution < 1.29 is 9.53 Å². The number of ether oxygens (including phenoxy) is 1. The molecular weight excluding hydrogens is 392 g/mol. The lowest BCUT2D eigenvalue weighted by molar-refractivity contribution is 0.0507. The van der Waals surface area contributed by atoms with Gasteiger partial charge < -0.3 is 20.3 Å². The van der Waals surface area contributed by atoms with Gasteiger partial charge in [-0.25, -0.2) is 9.48 Å². The molecule has 0 bridgehead atoms. The van der Waals surface area contributed by atoms with Crippen LogP contribution in [0.4, 0.5) is 4.79 Å². The van der Waals surface area contributed by atoms with Crippen LogP contribution < -0.4 is 10.6 Å². The highest BCUT2D eigenvalue weighted by Gasteiger charge is 2.27. The second-order valence-corrected chi connectivity index (χ2v) is 8.69. The van der Waals surface area contributed by atoms with Gasteiger partial charge in [-0.2, -0.15) is 5.10 Å². The van der Waals surface area contributed by atoms with Gasteiger partial charge in [-0.05, 0) is 58.2 Å². The molecule has 2 N–H and O–H groups in total. The van der Waals surface area contributed by atoms with E-state index in [4.69, 9.17) is 9.73 Å². The average Bonchev–Trinajstić information content (AvgIpc) is 3.36. The Labute approximate surface area is 184 Å². The molecule has 1 aliphatic rings. The molecule has 3 rings (SSSR count). The van der Waals surface area contributed by atoms with Crippen LogP contribution in [0.15, 0.2) is 47.7 Å². The predicted octanol–water partition coefficient (Wildman–Crippen LogP) is 2.98. The third-order valence-electron chi connectivity index (χ3n) is 4.86. The van der Waals surface area contributed by atoms with Gasteiger partial charge in [-0.3, -0.25) is 4.99 Å². The van der Waals surface area contributed by atoms with Gasteiger partial charge >= 0.3 is 6.09 Å². The summed E-state index contributed by atoms with van der Waals surface area (Å²) in [7, 11) is 0. The number of rotatable bonds is 6. The van der Waals surface area contributed by atoms with Crippen molar-refractivity contribution in [3.8, 4) is 5.69 Å². The number of alkyl carbamates (subject to hydrolysis) is 1. The summed E-state index contributed by atoms with van der Waals surface area (Å²) in [4.78, 5) is 19.0. The summed E-state index contributed by atoms with van der Waals surface area (Å²) in [5.74, 6) is 0.881. The summed E-state index contributed by atoms with van der Waals surface area (Å²) in [6, 6.07) is 10.1. The summed E-state index contributed by atoms with van der Waals surface area (Å²) < 4.78 is 7.25. The Kier molecular flexibility index (Phi) is 7.55. The van der Waals surface area contributed by atoms with E-state index in [2.05, 4.69) is 33.8 Å². The number of benzene rings is 1. The summed E-state index contributed by atoms with van der Waals surface area (Å²) in [5.41, 5.74) is 1.70. The van der Waals surface area contributed by atoms with Gasteiger partial charge in [0.1, 0.15) is 5.60 Å². The van der Waals surface area contributed by atoms with E-state index >= 15 is 0 Å². The largest absolute Gasteiger partial charge is 0.444 e. The lowest BCUT2D eigenvalue weighted by atomic mass is 10.2. The quantitative estimate of drug-likeness (QED) is 0.548. The van der Waals surface area contributed by atoms with E-state index in [9.17, 15) is 4.79 Å². The molecule has 1 aromatic carbocycles. The molecule has 31 heavy (non-hydrogen) atoms. The minimum atomic E-state index is -0.493. The third kappa shape index (κ3) is 7.01. The molecule has 0 spiro atoms. The number of aliphatic imine (C=N–C) groups is 1. The maximum atomic E-state index is 12.0. The summed E-state index contributed by atoms with van der Waals surface area (Å²) >= 11 is 0. The Bertz CT molecular complexity index is 872. The zero-order valence-corrected chi connectivity index (χ0v) is 19.0. The molecule has 2 heterocycles. The SMILES string of the molecule is CCNC(=NCCc1cnn(-c2ccccc2)c1)N1CCC(NC(=O)OC(C)(C)C)C1. The number of guanidine groups is 1. The van der Waals surface area contributed by atoms with Gasteiger partial charge in [0.05, 0.1) is 17.9 Å². The van der Waals surface area contributed by atoms with E-state index in [0.29, 0.717) is 6.54 Å². The molecule has 1 amide bonds. The molecule has 1 saturated heterocycles. The zero-order valence-electron chi connectivity index (χ0n) is 19.0. The van der Waals surface area contributed by atoms with Crippen molar-refractivity contribution in [3.05, 3.63) is 48.3 Å². The Balaban J connectivity index is 1.52. The van der Waals surface area contributed by atoms with Crippen molar-refractivity contribution >= 4 is 12.1 Å². The Morgan fingerprint density at radius 2 is 2.06 bits per heavy atom. The first-order valence-electron chi connectivity index (χ1n) is 11.0. The number of carbonyl (C=O) groups is 1. The fourth-order valence-electron chi connectivity index (χ4n) is 3.47. The lowest BCUT2D eigenvalue weighted by Crippen LogP contribution is -2.44. The smallest absolute Gasteiger partial charge is 0.407 e. The van der Waals surface area contributed by atoms with Crippen LogP contribution in [0, 0.1) is 0 Å². The molecule has 1 aliphatic heterocycles. The fourth-order valence-corrected chi connectivity index (χ4v) is 3.47. The first kappa shape index (κ1) is 22.7. The van der Waals surface area contributed by atoms with Gasteiger partial charge in [0.2, 0.25) is 0 Å². The number of para-hydroxylation sites is 1. The molecule has 1 atom stereocenters. The highest BCUT2D eigenvalue weighted by molar-refractivity contribution is 5.80. The van der Waals surface area contributed by atoms with E-state index < -0.39 is 5.60 Å². The molecule has 2 aromatic rings. The molecule has 1 unspecified atom stereocenters. The third-order valence-corrected chi connectivity index (χ3v) is 4.86. The molecule has 0 saturated carbocycles. The lowest BCUT2D eigenvalue weighted by Gasteiger charge is -2.23. The number of nitrogens with zero attached hydrogens (tertiary/aromatic N) is 4. The maximum Gasteiger partial charge on any atom is 0.407 e. The van der Waals surface area contributed by atoms with Crippen LogP contribution in [0.25, 0.3) is 5.69 Å². The van der Waals surface area contributed by atoms with Crippen molar-refractivity contribution in [2.75, 3.05) is 26.2 Å². The normalized spacial score (nSPS) is 17.0. The minimum absolute atomic E-state index is 0.0582. The standard InChI is InChI=1S/C23H34N6O2/c1-5-24-21(28-14-12-19(17-28)27-22(30)31-23(2,3)4)25-13-11-18-15-26-29(16-18)20-9-7-6-8-10-20/h6-10,15-16,19H,5,11-14,17H2,1-4H3,(H,24,25)(H,27,30). The van der Waals surface area contributed by atoms with Gasteiger partial charge in [0.25, 0.3) is 0 Å². The molecular formula is C23H34N6O2. The number of aromatic nitrogens is 2. The van der Waals surface area contributed by atoms with Crippen LogP contribution in [-0.2, 0) is 11.2 Å². The Morgan fingerprint density at radius 1 is 1.29 bits per heavy atom. The van der Waals surface area contributed by atoms with E-state index in [-0.39, 0.29) is 12.1 Å². The van der Waals surface area contributed by atoms with Crippen LogP contribution in [0.5, 0.6) is 0 Å². The predicted molar refractivity (Wildman–Crippen MR) is 123 cm³/mol. The number of likely N-dealkylation sites (tertiary alicyclic amines) is 1. The summed E-state index contributed by atoms with van der Waals surface area (Å²) in [5, 5.41) is 10.8. The zero-order chi connectivity index (χ0) is 22.3. The summed E-state index contributed by atoms with van der Waals surface area (Å²) in [6.07, 6.45) is 5.26. The number of hydrogen-bond donors (Lipinski definition) is 2. The van der Waals surface area contributed by atoms with Gasteiger partial charge in [-0.1, -0.05) is 18.2 Å². The van der Waals surface area contributed by atoms with E-state index in [1.54, 1.807) is 0 Å². The average molecular weight is 427 g/mol. The van der Waals surface area contributed by atoms with E-state index in [1.807, 2.05) is 62.0 Å². The van der Waals surface area contributed by atoms with Crippen LogP contribution in [0.3, 0.4) is 0 Å². The fraction of sp³-hybridized carbons (Fsp3) is 0.522. The Morgan fingerprint density at radius 3 is 2.77 bits per heavy atom. The maximum absolute atomic E-state index is 12.0. The van der Waals surface area contributed by atoms with Gasteiger partial charge in [0, 0.05) is 32.4 Å². The van der Waals surface area contributed by atoms with Crippen molar-refractivity contribution in [1.82, 2.24) is 25.3 Å². The molecule has 168 valence electrons. The van der Waals surface area contributed by atoms with Crippen LogP contribution >= 0.6 is 0 Å². The van der Waals surface area contributed by atoms with Crippen molar-refractivity contribution in [1.29, 1.82) is 0 Å². The van der Waals surface area contributed by atoms with Crippen molar-refractivity contribution in [2.24, 2.45) is 4.99 Å². The number of hydrogen-bond acceptors (Lipinski definition) is 4. The molecule has 1 aromatic heterocycles. The van der Waals surface area contributed by atoms with Crippen LogP contribution in [0.1, 0.15) is 39.7 Å². The number of nitrogens with one attached hydrogen (secondary N) is 2. The van der Waals surface area contributed by atoms with Crippen molar-refractivity contribution in [3.63, 3.8) is 0 Å². The van der Waals surface area contributed by atoms with Gasteiger partial charge in [0.15, 0.2) is 5.96 Å². The molecule has 0 radical (unpaired) electrons. The highest BCUT2D eigenvalue weighted by atomic mass is 16.6. The highest BCUT2D eigenvalue weighted by Crippen LogP contribution is 2.13. The van der Waals surface area contributed by atoms with E-state index in [0.717, 1.165) is 49.7 Å². The van der Waals surface area contributed by atoms with Gasteiger partial charge in [-0.15, -0.1) is 0 Å².